The predicted octanol–water partition coefficient (Wildman–Crippen LogP) is 14.2. The number of nitrogens with zero attached hydrogens (tertiary/aromatic N) is 1. The number of hydrogen-bond donors (Lipinski definition) is 0. The van der Waals surface area contributed by atoms with Gasteiger partial charge in [-0.2, -0.15) is 0 Å². The molecule has 60 heavy (non-hydrogen) atoms. The molecule has 0 radical (unpaired) electrons. The van der Waals surface area contributed by atoms with E-state index in [2.05, 4.69) is 32.6 Å². The van der Waals surface area contributed by atoms with Crippen LogP contribution in [0.25, 0.3) is 0 Å². The number of esters is 2. The van der Waals surface area contributed by atoms with E-state index in [9.17, 15) is 9.59 Å². The van der Waals surface area contributed by atoms with Crippen LogP contribution >= 0.6 is 0 Å². The van der Waals surface area contributed by atoms with E-state index in [4.69, 9.17) is 23.7 Å². The molecule has 0 saturated heterocycles. The molecule has 0 aliphatic carbocycles. The van der Waals surface area contributed by atoms with Crippen LogP contribution in [0.15, 0.2) is 0 Å². The monoisotopic (exact) mass is 854 g/mol. The van der Waals surface area contributed by atoms with Crippen molar-refractivity contribution in [3.05, 3.63) is 0 Å². The zero-order chi connectivity index (χ0) is 43.8. The zero-order valence-corrected chi connectivity index (χ0v) is 40.9. The second-order valence-corrected chi connectivity index (χ2v) is 17.6. The largest absolute Gasteiger partial charge is 0.465 e. The van der Waals surface area contributed by atoms with Crippen LogP contribution in [0.1, 0.15) is 240 Å². The Balaban J connectivity index is 4.64. The summed E-state index contributed by atoms with van der Waals surface area (Å²) in [7, 11) is 0. The first-order chi connectivity index (χ1) is 29.5. The number of hydrogen-bond acceptors (Lipinski definition) is 8. The summed E-state index contributed by atoms with van der Waals surface area (Å²) in [5.74, 6) is 0.263. The smallest absolute Gasteiger partial charge is 0.308 e. The minimum absolute atomic E-state index is 0.0505. The third-order valence-electron chi connectivity index (χ3n) is 12.0. The Labute approximate surface area is 373 Å². The van der Waals surface area contributed by atoms with Gasteiger partial charge in [0.2, 0.25) is 0 Å². The van der Waals surface area contributed by atoms with Gasteiger partial charge >= 0.3 is 11.9 Å². The highest BCUT2D eigenvalue weighted by molar-refractivity contribution is 5.72. The molecule has 8 heteroatoms. The Morgan fingerprint density at radius 1 is 0.333 bits per heavy atom. The van der Waals surface area contributed by atoms with Crippen LogP contribution in [0, 0.1) is 11.8 Å². The standard InChI is InChI=1S/C52H103NO7/c1-6-11-15-19-21-29-37-49(35-27-17-13-8-3)51(54)59-42-33-25-23-31-39-53(41-44-57-47-48-58-46-45-56-10-5)40-32-24-26-34-43-60-52(55)50(36-28-18-14-9-4)38-30-22-20-16-12-7-2/h49-50H,6-48H2,1-5H3. The molecule has 0 aliphatic rings. The van der Waals surface area contributed by atoms with Crippen LogP contribution in [0.4, 0.5) is 0 Å². The van der Waals surface area contributed by atoms with Crippen molar-refractivity contribution in [2.75, 3.05) is 72.5 Å². The van der Waals surface area contributed by atoms with Crippen molar-refractivity contribution in [1.29, 1.82) is 0 Å². The summed E-state index contributed by atoms with van der Waals surface area (Å²) >= 11 is 0. The van der Waals surface area contributed by atoms with Gasteiger partial charge in [-0.1, -0.05) is 182 Å². The molecule has 0 aromatic heterocycles. The number of rotatable bonds is 50. The fourth-order valence-corrected chi connectivity index (χ4v) is 8.01. The van der Waals surface area contributed by atoms with Crippen LogP contribution in [-0.2, 0) is 33.3 Å². The first-order valence-electron chi connectivity index (χ1n) is 26.3. The number of ether oxygens (including phenoxy) is 5. The second kappa shape index (κ2) is 48.8. The van der Waals surface area contributed by atoms with Crippen molar-refractivity contribution in [1.82, 2.24) is 4.90 Å². The van der Waals surface area contributed by atoms with E-state index in [1.807, 2.05) is 6.92 Å². The van der Waals surface area contributed by atoms with Crippen molar-refractivity contribution in [2.24, 2.45) is 11.8 Å². The van der Waals surface area contributed by atoms with Crippen LogP contribution in [0.5, 0.6) is 0 Å². The van der Waals surface area contributed by atoms with Crippen molar-refractivity contribution in [2.45, 2.75) is 240 Å². The Hall–Kier alpha value is -1.22. The Kier molecular flexibility index (Phi) is 47.8. The summed E-state index contributed by atoms with van der Waals surface area (Å²) < 4.78 is 28.6. The fraction of sp³-hybridized carbons (Fsp3) is 0.962. The molecule has 0 rings (SSSR count). The molecule has 0 fully saturated rings. The summed E-state index contributed by atoms with van der Waals surface area (Å²) in [6.45, 7) is 19.0. The highest BCUT2D eigenvalue weighted by Gasteiger charge is 2.20. The summed E-state index contributed by atoms with van der Waals surface area (Å²) in [5, 5.41) is 0. The van der Waals surface area contributed by atoms with Gasteiger partial charge in [0.05, 0.1) is 58.1 Å². The molecule has 0 bridgehead atoms. The van der Waals surface area contributed by atoms with E-state index in [0.29, 0.717) is 52.9 Å². The molecule has 0 aromatic carbocycles. The number of carbonyl (C=O) groups is 2. The molecule has 0 heterocycles. The molecule has 358 valence electrons. The van der Waals surface area contributed by atoms with E-state index in [1.165, 1.54) is 103 Å². The number of carbonyl (C=O) groups excluding carboxylic acids is 2. The van der Waals surface area contributed by atoms with Gasteiger partial charge in [0.25, 0.3) is 0 Å². The highest BCUT2D eigenvalue weighted by Crippen LogP contribution is 2.22. The van der Waals surface area contributed by atoms with E-state index in [0.717, 1.165) is 122 Å². The molecule has 0 spiro atoms. The molecule has 0 saturated carbocycles. The lowest BCUT2D eigenvalue weighted by atomic mass is 9.94. The lowest BCUT2D eigenvalue weighted by Gasteiger charge is -2.22. The third kappa shape index (κ3) is 40.8. The molecule has 0 amide bonds. The van der Waals surface area contributed by atoms with Crippen molar-refractivity contribution in [3.8, 4) is 0 Å². The lowest BCUT2D eigenvalue weighted by Crippen LogP contribution is -2.30. The normalized spacial score (nSPS) is 12.6. The molecule has 2 unspecified atom stereocenters. The molecule has 0 N–H and O–H groups in total. The molecule has 0 aliphatic heterocycles. The van der Waals surface area contributed by atoms with Gasteiger partial charge in [0, 0.05) is 13.2 Å². The van der Waals surface area contributed by atoms with Gasteiger partial charge in [-0.3, -0.25) is 9.59 Å². The van der Waals surface area contributed by atoms with Crippen LogP contribution in [-0.4, -0.2) is 89.3 Å². The van der Waals surface area contributed by atoms with Gasteiger partial charge in [-0.05, 0) is 71.4 Å². The molecule has 2 atom stereocenters. The van der Waals surface area contributed by atoms with E-state index >= 15 is 0 Å². The first-order valence-corrected chi connectivity index (χ1v) is 26.3. The molecule has 8 nitrogen and oxygen atoms in total. The van der Waals surface area contributed by atoms with Crippen LogP contribution in [0.2, 0.25) is 0 Å². The first kappa shape index (κ1) is 58.8. The Bertz CT molecular complexity index is 815. The van der Waals surface area contributed by atoms with Gasteiger partial charge < -0.3 is 28.6 Å². The number of unbranched alkanes of at least 4 members (excludes halogenated alkanes) is 22. The zero-order valence-electron chi connectivity index (χ0n) is 40.9. The maximum Gasteiger partial charge on any atom is 0.308 e. The van der Waals surface area contributed by atoms with Gasteiger partial charge in [-0.15, -0.1) is 0 Å². The van der Waals surface area contributed by atoms with Gasteiger partial charge in [0.1, 0.15) is 0 Å². The van der Waals surface area contributed by atoms with Crippen molar-refractivity contribution < 1.29 is 33.3 Å². The summed E-state index contributed by atoms with van der Waals surface area (Å²) in [4.78, 5) is 28.7. The SMILES string of the molecule is CCCCCCCCC(CCCCCC)C(=O)OCCCCCCN(CCCCCCOC(=O)C(CCCCCC)CCCCCCCC)CCOCCOCCOCC. The molecular weight excluding hydrogens is 751 g/mol. The quantitative estimate of drug-likeness (QED) is 0.0442. The summed E-state index contributed by atoms with van der Waals surface area (Å²) in [6, 6.07) is 0. The maximum absolute atomic E-state index is 13.1. The molecule has 0 aromatic rings. The summed E-state index contributed by atoms with van der Waals surface area (Å²) in [6.07, 6.45) is 37.4. The summed E-state index contributed by atoms with van der Waals surface area (Å²) in [5.41, 5.74) is 0. The van der Waals surface area contributed by atoms with Gasteiger partial charge in [-0.25, -0.2) is 0 Å². The predicted molar refractivity (Wildman–Crippen MR) is 254 cm³/mol. The van der Waals surface area contributed by atoms with E-state index in [-0.39, 0.29) is 23.8 Å². The molecular formula is C52H103NO7. The van der Waals surface area contributed by atoms with Crippen LogP contribution < -0.4 is 0 Å². The Morgan fingerprint density at radius 2 is 0.650 bits per heavy atom. The van der Waals surface area contributed by atoms with E-state index < -0.39 is 0 Å². The highest BCUT2D eigenvalue weighted by atomic mass is 16.5. The average Bonchev–Trinajstić information content (AvgIpc) is 3.25. The fourth-order valence-electron chi connectivity index (χ4n) is 8.01. The van der Waals surface area contributed by atoms with Crippen LogP contribution in [0.3, 0.4) is 0 Å². The second-order valence-electron chi connectivity index (χ2n) is 17.6. The van der Waals surface area contributed by atoms with E-state index in [1.54, 1.807) is 0 Å². The third-order valence-corrected chi connectivity index (χ3v) is 12.0. The minimum atomic E-state index is 0.0505. The van der Waals surface area contributed by atoms with Crippen molar-refractivity contribution >= 4 is 11.9 Å². The Morgan fingerprint density at radius 3 is 1.05 bits per heavy atom. The van der Waals surface area contributed by atoms with Crippen molar-refractivity contribution in [3.63, 3.8) is 0 Å². The topological polar surface area (TPSA) is 83.5 Å². The average molecular weight is 854 g/mol. The van der Waals surface area contributed by atoms with Gasteiger partial charge in [0.15, 0.2) is 0 Å². The lowest BCUT2D eigenvalue weighted by molar-refractivity contribution is -0.150. The minimum Gasteiger partial charge on any atom is -0.465 e. The maximum atomic E-state index is 13.1.